The number of hydrogen-bond acceptors (Lipinski definition) is 3. The first-order valence-electron chi connectivity index (χ1n) is 6.91. The van der Waals surface area contributed by atoms with Crippen LogP contribution in [0.3, 0.4) is 0 Å². The number of fused-ring (bicyclic) bond motifs is 1. The largest absolute Gasteiger partial charge is 0.396 e. The molecule has 0 aromatic carbocycles. The molecule has 1 aromatic rings. The van der Waals surface area contributed by atoms with Gasteiger partial charge in [-0.25, -0.2) is 4.98 Å². The maximum Gasteiger partial charge on any atom is 0.153 e. The molecule has 3 rings (SSSR count). The summed E-state index contributed by atoms with van der Waals surface area (Å²) < 4.78 is 0. The summed E-state index contributed by atoms with van der Waals surface area (Å²) in [4.78, 5) is 6.73. The molecule has 2 unspecified atom stereocenters. The van der Waals surface area contributed by atoms with Gasteiger partial charge in [-0.3, -0.25) is 0 Å². The highest BCUT2D eigenvalue weighted by molar-refractivity contribution is 6.29. The molecule has 1 saturated heterocycles. The molecule has 2 N–H and O–H groups in total. The van der Waals surface area contributed by atoms with Crippen molar-refractivity contribution in [1.82, 2.24) is 4.98 Å². The van der Waals surface area contributed by atoms with E-state index in [-0.39, 0.29) is 0 Å². The van der Waals surface area contributed by atoms with Crippen LogP contribution in [0.1, 0.15) is 32.1 Å². The zero-order valence-electron chi connectivity index (χ0n) is 10.6. The maximum absolute atomic E-state index is 6.03. The zero-order chi connectivity index (χ0) is 12.5. The van der Waals surface area contributed by atoms with Crippen LogP contribution in [0, 0.1) is 11.8 Å². The van der Waals surface area contributed by atoms with Gasteiger partial charge < -0.3 is 10.6 Å². The van der Waals surface area contributed by atoms with Gasteiger partial charge in [0.2, 0.25) is 0 Å². The minimum Gasteiger partial charge on any atom is -0.396 e. The first-order chi connectivity index (χ1) is 8.74. The maximum atomic E-state index is 6.03. The molecule has 3 nitrogen and oxygen atoms in total. The molecule has 2 fully saturated rings. The highest BCUT2D eigenvalue weighted by atomic mass is 35.5. The van der Waals surface area contributed by atoms with E-state index >= 15 is 0 Å². The molecule has 1 aliphatic heterocycles. The van der Waals surface area contributed by atoms with Gasteiger partial charge in [0.25, 0.3) is 0 Å². The molecule has 0 radical (unpaired) electrons. The highest BCUT2D eigenvalue weighted by Gasteiger charge is 2.32. The third kappa shape index (κ3) is 2.28. The van der Waals surface area contributed by atoms with Crippen LogP contribution in [0.15, 0.2) is 12.1 Å². The molecule has 2 atom stereocenters. The number of hydrogen-bond donors (Lipinski definition) is 1. The summed E-state index contributed by atoms with van der Waals surface area (Å²) in [6.45, 7) is 2.17. The van der Waals surface area contributed by atoms with Crippen molar-refractivity contribution in [3.63, 3.8) is 0 Å². The SMILES string of the molecule is Nc1ccc(Cl)nc1N1CCC2CCCCC2C1. The van der Waals surface area contributed by atoms with Crippen LogP contribution in [0.5, 0.6) is 0 Å². The topological polar surface area (TPSA) is 42.1 Å². The third-order valence-electron chi connectivity index (χ3n) is 4.46. The number of anilines is 2. The lowest BCUT2D eigenvalue weighted by molar-refractivity contribution is 0.202. The van der Waals surface area contributed by atoms with E-state index in [2.05, 4.69) is 9.88 Å². The predicted molar refractivity (Wildman–Crippen MR) is 75.9 cm³/mol. The molecule has 0 amide bonds. The average molecular weight is 266 g/mol. The van der Waals surface area contributed by atoms with E-state index < -0.39 is 0 Å². The minimum absolute atomic E-state index is 0.532. The van der Waals surface area contributed by atoms with Gasteiger partial charge in [-0.15, -0.1) is 0 Å². The van der Waals surface area contributed by atoms with E-state index in [4.69, 9.17) is 17.3 Å². The van der Waals surface area contributed by atoms with Crippen molar-refractivity contribution in [2.24, 2.45) is 11.8 Å². The van der Waals surface area contributed by atoms with Gasteiger partial charge in [-0.2, -0.15) is 0 Å². The van der Waals surface area contributed by atoms with Crippen molar-refractivity contribution in [3.05, 3.63) is 17.3 Å². The lowest BCUT2D eigenvalue weighted by atomic mass is 9.75. The van der Waals surface area contributed by atoms with Gasteiger partial charge >= 0.3 is 0 Å². The normalized spacial score (nSPS) is 27.9. The van der Waals surface area contributed by atoms with Crippen molar-refractivity contribution >= 4 is 23.1 Å². The highest BCUT2D eigenvalue weighted by Crippen LogP contribution is 2.38. The molecule has 2 aliphatic rings. The van der Waals surface area contributed by atoms with E-state index in [1.165, 1.54) is 32.1 Å². The van der Waals surface area contributed by atoms with Gasteiger partial charge in [0.1, 0.15) is 5.15 Å². The predicted octanol–water partition coefficient (Wildman–Crippen LogP) is 3.33. The van der Waals surface area contributed by atoms with Crippen LogP contribution in [0.4, 0.5) is 11.5 Å². The molecular formula is C14H20ClN3. The van der Waals surface area contributed by atoms with Crippen LogP contribution in [0.2, 0.25) is 5.15 Å². The Morgan fingerprint density at radius 1 is 1.17 bits per heavy atom. The number of halogens is 1. The molecule has 1 aromatic heterocycles. The first kappa shape index (κ1) is 12.1. The van der Waals surface area contributed by atoms with Crippen molar-refractivity contribution in [2.45, 2.75) is 32.1 Å². The van der Waals surface area contributed by atoms with E-state index in [1.54, 1.807) is 6.07 Å². The lowest BCUT2D eigenvalue weighted by Crippen LogP contribution is -2.42. The van der Waals surface area contributed by atoms with Crippen LogP contribution in [0.25, 0.3) is 0 Å². The number of rotatable bonds is 1. The summed E-state index contributed by atoms with van der Waals surface area (Å²) in [7, 11) is 0. The van der Waals surface area contributed by atoms with Crippen LogP contribution in [-0.2, 0) is 0 Å². The quantitative estimate of drug-likeness (QED) is 0.792. The number of nitrogens with zero attached hydrogens (tertiary/aromatic N) is 2. The molecule has 2 heterocycles. The Morgan fingerprint density at radius 3 is 2.78 bits per heavy atom. The molecule has 18 heavy (non-hydrogen) atoms. The fourth-order valence-corrected chi connectivity index (χ4v) is 3.63. The van der Waals surface area contributed by atoms with E-state index in [9.17, 15) is 0 Å². The number of nitrogens with two attached hydrogens (primary N) is 1. The van der Waals surface area contributed by atoms with Gasteiger partial charge in [-0.1, -0.05) is 30.9 Å². The Kier molecular flexibility index (Phi) is 3.33. The molecular weight excluding hydrogens is 246 g/mol. The molecule has 4 heteroatoms. The van der Waals surface area contributed by atoms with Crippen LogP contribution >= 0.6 is 11.6 Å². The lowest BCUT2D eigenvalue weighted by Gasteiger charge is -2.42. The molecule has 1 saturated carbocycles. The number of pyridine rings is 1. The zero-order valence-corrected chi connectivity index (χ0v) is 11.4. The van der Waals surface area contributed by atoms with Crippen molar-refractivity contribution in [2.75, 3.05) is 23.7 Å². The number of nitrogen functional groups attached to an aromatic ring is 1. The molecule has 1 aliphatic carbocycles. The van der Waals surface area contributed by atoms with Crippen LogP contribution in [-0.4, -0.2) is 18.1 Å². The van der Waals surface area contributed by atoms with Crippen molar-refractivity contribution in [1.29, 1.82) is 0 Å². The molecule has 98 valence electrons. The summed E-state index contributed by atoms with van der Waals surface area (Å²) in [5.41, 5.74) is 6.77. The monoisotopic (exact) mass is 265 g/mol. The smallest absolute Gasteiger partial charge is 0.153 e. The van der Waals surface area contributed by atoms with E-state index in [0.29, 0.717) is 5.15 Å². The third-order valence-corrected chi connectivity index (χ3v) is 4.67. The van der Waals surface area contributed by atoms with Gasteiger partial charge in [0.05, 0.1) is 5.69 Å². The summed E-state index contributed by atoms with van der Waals surface area (Å²) in [5.74, 6) is 2.63. The minimum atomic E-state index is 0.532. The second-order valence-electron chi connectivity index (χ2n) is 5.59. The van der Waals surface area contributed by atoms with Gasteiger partial charge in [0.15, 0.2) is 5.82 Å². The standard InChI is InChI=1S/C14H20ClN3/c15-13-6-5-12(16)14(17-13)18-8-7-10-3-1-2-4-11(10)9-18/h5-6,10-11H,1-4,7-9,16H2. The Balaban J connectivity index is 1.79. The fourth-order valence-electron chi connectivity index (χ4n) is 3.48. The summed E-state index contributed by atoms with van der Waals surface area (Å²) >= 11 is 5.98. The second kappa shape index (κ2) is 4.96. The van der Waals surface area contributed by atoms with E-state index in [1.807, 2.05) is 6.07 Å². The Hall–Kier alpha value is -0.960. The fraction of sp³-hybridized carbons (Fsp3) is 0.643. The second-order valence-corrected chi connectivity index (χ2v) is 5.97. The molecule has 0 bridgehead atoms. The van der Waals surface area contributed by atoms with E-state index in [0.717, 1.165) is 36.4 Å². The van der Waals surface area contributed by atoms with Gasteiger partial charge in [0, 0.05) is 13.1 Å². The van der Waals surface area contributed by atoms with Crippen LogP contribution < -0.4 is 10.6 Å². The summed E-state index contributed by atoms with van der Waals surface area (Å²) in [6.07, 6.45) is 6.85. The Bertz CT molecular complexity index is 435. The van der Waals surface area contributed by atoms with Crippen molar-refractivity contribution in [3.8, 4) is 0 Å². The Morgan fingerprint density at radius 2 is 1.94 bits per heavy atom. The Labute approximate surface area is 113 Å². The number of piperidine rings is 1. The van der Waals surface area contributed by atoms with Crippen molar-refractivity contribution < 1.29 is 0 Å². The number of aromatic nitrogens is 1. The average Bonchev–Trinajstić information content (AvgIpc) is 2.41. The summed E-state index contributed by atoms with van der Waals surface area (Å²) in [5, 5.41) is 0.532. The van der Waals surface area contributed by atoms with Gasteiger partial charge in [-0.05, 0) is 36.8 Å². The first-order valence-corrected chi connectivity index (χ1v) is 7.29. The molecule has 0 spiro atoms. The summed E-state index contributed by atoms with van der Waals surface area (Å²) in [6, 6.07) is 3.62.